The van der Waals surface area contributed by atoms with E-state index >= 15 is 0 Å². The number of aryl methyl sites for hydroxylation is 1. The van der Waals surface area contributed by atoms with Gasteiger partial charge in [-0.25, -0.2) is 10.2 Å². The molecule has 0 spiro atoms. The van der Waals surface area contributed by atoms with E-state index < -0.39 is 17.8 Å². The van der Waals surface area contributed by atoms with Crippen molar-refractivity contribution in [3.8, 4) is 17.2 Å². The molecular weight excluding hydrogens is 474 g/mol. The van der Waals surface area contributed by atoms with Gasteiger partial charge in [-0.15, -0.1) is 0 Å². The van der Waals surface area contributed by atoms with Crippen LogP contribution in [0.5, 0.6) is 17.2 Å². The zero-order chi connectivity index (χ0) is 26.6. The molecule has 0 radical (unpaired) electrons. The Hall–Kier alpha value is -4.66. The van der Waals surface area contributed by atoms with E-state index in [0.29, 0.717) is 41.5 Å². The van der Waals surface area contributed by atoms with Crippen LogP contribution in [0.3, 0.4) is 0 Å². The molecular formula is C28H29N3O6. The van der Waals surface area contributed by atoms with Crippen molar-refractivity contribution >= 4 is 29.7 Å². The van der Waals surface area contributed by atoms with Crippen molar-refractivity contribution in [3.63, 3.8) is 0 Å². The van der Waals surface area contributed by atoms with Crippen molar-refractivity contribution in [2.75, 3.05) is 18.5 Å². The molecule has 0 aliphatic heterocycles. The van der Waals surface area contributed by atoms with Gasteiger partial charge < -0.3 is 19.5 Å². The molecule has 0 heterocycles. The summed E-state index contributed by atoms with van der Waals surface area (Å²) in [4.78, 5) is 36.8. The summed E-state index contributed by atoms with van der Waals surface area (Å²) >= 11 is 0. The van der Waals surface area contributed by atoms with Crippen LogP contribution in [-0.4, -0.2) is 37.2 Å². The molecule has 2 N–H and O–H groups in total. The highest BCUT2D eigenvalue weighted by molar-refractivity contribution is 6.39. The molecule has 9 heteroatoms. The van der Waals surface area contributed by atoms with E-state index in [1.54, 1.807) is 61.5 Å². The molecule has 0 saturated carbocycles. The molecule has 3 aromatic carbocycles. The molecule has 0 unspecified atom stereocenters. The smallest absolute Gasteiger partial charge is 0.343 e. The predicted molar refractivity (Wildman–Crippen MR) is 140 cm³/mol. The molecule has 0 fully saturated rings. The van der Waals surface area contributed by atoms with Gasteiger partial charge in [-0.05, 0) is 79.9 Å². The maximum Gasteiger partial charge on any atom is 0.343 e. The Morgan fingerprint density at radius 2 is 1.65 bits per heavy atom. The summed E-state index contributed by atoms with van der Waals surface area (Å²) in [6.45, 7) is 6.57. The Morgan fingerprint density at radius 1 is 0.892 bits per heavy atom. The Morgan fingerprint density at radius 3 is 2.35 bits per heavy atom. The minimum absolute atomic E-state index is 0.233. The van der Waals surface area contributed by atoms with Gasteiger partial charge in [-0.1, -0.05) is 25.1 Å². The second kappa shape index (κ2) is 13.4. The number of para-hydroxylation sites is 1. The van der Waals surface area contributed by atoms with Crippen LogP contribution < -0.4 is 25.0 Å². The van der Waals surface area contributed by atoms with Gasteiger partial charge in [0.1, 0.15) is 5.75 Å². The van der Waals surface area contributed by atoms with Crippen molar-refractivity contribution in [2.45, 2.75) is 27.2 Å². The number of hydrogen-bond acceptors (Lipinski definition) is 7. The molecule has 0 aliphatic carbocycles. The highest BCUT2D eigenvalue weighted by Gasteiger charge is 2.15. The lowest BCUT2D eigenvalue weighted by molar-refractivity contribution is -0.136. The van der Waals surface area contributed by atoms with E-state index in [9.17, 15) is 14.4 Å². The number of carbonyl (C=O) groups is 3. The van der Waals surface area contributed by atoms with Crippen LogP contribution in [0, 0.1) is 6.92 Å². The first kappa shape index (κ1) is 26.9. The molecule has 3 rings (SSSR count). The zero-order valence-electron chi connectivity index (χ0n) is 20.9. The summed E-state index contributed by atoms with van der Waals surface area (Å²) < 4.78 is 16.7. The number of ether oxygens (including phenoxy) is 3. The molecule has 9 nitrogen and oxygen atoms in total. The maximum atomic E-state index is 12.6. The number of anilines is 1. The average molecular weight is 504 g/mol. The van der Waals surface area contributed by atoms with Crippen molar-refractivity contribution in [3.05, 3.63) is 83.4 Å². The first-order valence-electron chi connectivity index (χ1n) is 11.8. The van der Waals surface area contributed by atoms with Crippen LogP contribution in [0.1, 0.15) is 41.8 Å². The van der Waals surface area contributed by atoms with E-state index in [1.807, 2.05) is 26.0 Å². The SMILES string of the molecule is CCCOc1ccc(C(=O)Oc2ccc(/C=N/NC(=O)C(=O)Nc3ccccc3C)cc2OCC)cc1. The fourth-order valence-electron chi connectivity index (χ4n) is 3.13. The predicted octanol–water partition coefficient (Wildman–Crippen LogP) is 4.49. The first-order chi connectivity index (χ1) is 17.9. The van der Waals surface area contributed by atoms with Gasteiger partial charge in [0, 0.05) is 5.69 Å². The van der Waals surface area contributed by atoms with E-state index in [2.05, 4.69) is 15.8 Å². The number of rotatable bonds is 10. The lowest BCUT2D eigenvalue weighted by Gasteiger charge is -2.12. The summed E-state index contributed by atoms with van der Waals surface area (Å²) in [7, 11) is 0. The third-order valence-corrected chi connectivity index (χ3v) is 5.01. The normalized spacial score (nSPS) is 10.6. The Bertz CT molecular complexity index is 1270. The largest absolute Gasteiger partial charge is 0.494 e. The van der Waals surface area contributed by atoms with Crippen LogP contribution in [0.2, 0.25) is 0 Å². The van der Waals surface area contributed by atoms with Gasteiger partial charge in [0.15, 0.2) is 11.5 Å². The number of nitrogens with one attached hydrogen (secondary N) is 2. The highest BCUT2D eigenvalue weighted by Crippen LogP contribution is 2.29. The number of esters is 1. The third-order valence-electron chi connectivity index (χ3n) is 5.01. The quantitative estimate of drug-likeness (QED) is 0.138. The van der Waals surface area contributed by atoms with E-state index in [0.717, 1.165) is 12.0 Å². The molecule has 0 atom stereocenters. The number of nitrogens with zero attached hydrogens (tertiary/aromatic N) is 1. The van der Waals surface area contributed by atoms with Gasteiger partial charge in [0.05, 0.1) is 25.0 Å². The number of hydrogen-bond donors (Lipinski definition) is 2. The van der Waals surface area contributed by atoms with Crippen LogP contribution in [0.15, 0.2) is 71.8 Å². The molecule has 0 aromatic heterocycles. The topological polar surface area (TPSA) is 115 Å². The lowest BCUT2D eigenvalue weighted by atomic mass is 10.2. The van der Waals surface area contributed by atoms with Crippen molar-refractivity contribution in [2.24, 2.45) is 5.10 Å². The van der Waals surface area contributed by atoms with Crippen LogP contribution >= 0.6 is 0 Å². The van der Waals surface area contributed by atoms with Crippen molar-refractivity contribution < 1.29 is 28.6 Å². The fraction of sp³-hybridized carbons (Fsp3) is 0.214. The minimum atomic E-state index is -0.916. The Kier molecular flexibility index (Phi) is 9.78. The van der Waals surface area contributed by atoms with E-state index in [-0.39, 0.29) is 5.75 Å². The standard InChI is InChI=1S/C28H29N3O6/c1-4-16-36-22-13-11-21(12-14-22)28(34)37-24-15-10-20(17-25(24)35-5-2)18-29-31-27(33)26(32)30-23-9-7-6-8-19(23)3/h6-15,17-18H,4-5,16H2,1-3H3,(H,30,32)(H,31,33)/b29-18+. The summed E-state index contributed by atoms with van der Waals surface area (Å²) in [6.07, 6.45) is 2.24. The zero-order valence-corrected chi connectivity index (χ0v) is 20.9. The van der Waals surface area contributed by atoms with Crippen molar-refractivity contribution in [1.82, 2.24) is 5.43 Å². The second-order valence-corrected chi connectivity index (χ2v) is 7.87. The molecule has 0 aliphatic rings. The highest BCUT2D eigenvalue weighted by atomic mass is 16.6. The maximum absolute atomic E-state index is 12.6. The molecule has 3 aromatic rings. The monoisotopic (exact) mass is 503 g/mol. The number of hydrazone groups is 1. The number of carbonyl (C=O) groups excluding carboxylic acids is 3. The fourth-order valence-corrected chi connectivity index (χ4v) is 3.13. The average Bonchev–Trinajstić information content (AvgIpc) is 2.90. The molecule has 37 heavy (non-hydrogen) atoms. The lowest BCUT2D eigenvalue weighted by Crippen LogP contribution is -2.32. The third kappa shape index (κ3) is 7.93. The molecule has 0 saturated heterocycles. The Balaban J connectivity index is 1.62. The molecule has 192 valence electrons. The van der Waals surface area contributed by atoms with Crippen LogP contribution in [0.4, 0.5) is 5.69 Å². The van der Waals surface area contributed by atoms with Crippen molar-refractivity contribution in [1.29, 1.82) is 0 Å². The number of benzene rings is 3. The summed E-state index contributed by atoms with van der Waals surface area (Å²) in [5.41, 5.74) is 4.48. The van der Waals surface area contributed by atoms with Crippen LogP contribution in [-0.2, 0) is 9.59 Å². The van der Waals surface area contributed by atoms with Gasteiger partial charge in [0.25, 0.3) is 0 Å². The number of amides is 2. The van der Waals surface area contributed by atoms with Gasteiger partial charge in [-0.3, -0.25) is 9.59 Å². The second-order valence-electron chi connectivity index (χ2n) is 7.87. The first-order valence-corrected chi connectivity index (χ1v) is 11.8. The Labute approximate surface area is 215 Å². The minimum Gasteiger partial charge on any atom is -0.494 e. The van der Waals surface area contributed by atoms with Gasteiger partial charge in [-0.2, -0.15) is 5.10 Å². The van der Waals surface area contributed by atoms with Gasteiger partial charge in [0.2, 0.25) is 0 Å². The van der Waals surface area contributed by atoms with Crippen LogP contribution in [0.25, 0.3) is 0 Å². The summed E-state index contributed by atoms with van der Waals surface area (Å²) in [6, 6.07) is 18.6. The van der Waals surface area contributed by atoms with E-state index in [4.69, 9.17) is 14.2 Å². The summed E-state index contributed by atoms with van der Waals surface area (Å²) in [5.74, 6) is -1.06. The summed E-state index contributed by atoms with van der Waals surface area (Å²) in [5, 5.41) is 6.37. The van der Waals surface area contributed by atoms with E-state index in [1.165, 1.54) is 6.21 Å². The molecule has 2 amide bonds. The molecule has 0 bridgehead atoms. The van der Waals surface area contributed by atoms with Gasteiger partial charge >= 0.3 is 17.8 Å².